The zero-order valence-electron chi connectivity index (χ0n) is 85.5. The molecular weight excluding hydrogens is 2150 g/mol. The zero-order valence-corrected chi connectivity index (χ0v) is 94.0. The first-order valence-corrected chi connectivity index (χ1v) is 54.5. The maximum absolute atomic E-state index is 12.2. The van der Waals surface area contributed by atoms with Crippen molar-refractivity contribution in [3.8, 4) is 84.4 Å². The third-order valence-electron chi connectivity index (χ3n) is 20.6. The van der Waals surface area contributed by atoms with Gasteiger partial charge in [-0.1, -0.05) is 226 Å². The quantitative estimate of drug-likeness (QED) is 0.0311. The van der Waals surface area contributed by atoms with Crippen molar-refractivity contribution in [1.29, 1.82) is 0 Å². The van der Waals surface area contributed by atoms with Crippen LogP contribution in [-0.2, 0) is 53.8 Å². The fourth-order valence-electron chi connectivity index (χ4n) is 13.8. The van der Waals surface area contributed by atoms with Gasteiger partial charge in [0.25, 0.3) is 0 Å². The van der Waals surface area contributed by atoms with Crippen LogP contribution in [0.2, 0.25) is 10.0 Å². The molecule has 0 aliphatic carbocycles. The number of anilines is 1. The van der Waals surface area contributed by atoms with Gasteiger partial charge in [0.15, 0.2) is 5.75 Å². The van der Waals surface area contributed by atoms with Gasteiger partial charge in [0.2, 0.25) is 29.1 Å². The molecule has 1 heterocycles. The molecule has 744 valence electrons. The number of aromatic nitrogens is 1. The molecule has 0 aliphatic heterocycles. The summed E-state index contributed by atoms with van der Waals surface area (Å²) < 4.78 is 87.9. The van der Waals surface area contributed by atoms with E-state index < -0.39 is 94.2 Å². The number of phenols is 4. The van der Waals surface area contributed by atoms with Crippen LogP contribution in [0.15, 0.2) is 302 Å². The Kier molecular flexibility index (Phi) is 46.1. The Bertz CT molecular complexity index is 6390. The third-order valence-corrected chi connectivity index (χ3v) is 30.6. The molecule has 0 saturated carbocycles. The van der Waals surface area contributed by atoms with E-state index in [-0.39, 0.29) is 16.2 Å². The summed E-state index contributed by atoms with van der Waals surface area (Å²) in [6, 6.07) is 96.5. The number of fused-ring (bicyclic) bond motifs is 2. The summed E-state index contributed by atoms with van der Waals surface area (Å²) in [5.74, 6) is -8.98. The smallest absolute Gasteiger partial charge is 0.206 e. The van der Waals surface area contributed by atoms with Gasteiger partial charge in [0.1, 0.15) is 23.0 Å². The molecule has 21 heteroatoms. The minimum absolute atomic E-state index is 0.238. The van der Waals surface area contributed by atoms with Gasteiger partial charge in [0, 0.05) is 52.8 Å². The van der Waals surface area contributed by atoms with Crippen LogP contribution in [0.5, 0.6) is 28.7 Å². The van der Waals surface area contributed by atoms with Crippen LogP contribution in [0.1, 0.15) is 196 Å². The summed E-state index contributed by atoms with van der Waals surface area (Å²) in [4.78, 5) is 6.16. The van der Waals surface area contributed by atoms with Gasteiger partial charge in [-0.25, -0.2) is 13.2 Å². The van der Waals surface area contributed by atoms with E-state index in [0.29, 0.717) is 51.0 Å². The Morgan fingerprint density at radius 3 is 1.01 bits per heavy atom. The number of ether oxygens (including phenoxy) is 1. The predicted molar refractivity (Wildman–Crippen MR) is 575 cm³/mol. The van der Waals surface area contributed by atoms with E-state index in [4.69, 9.17) is 45.1 Å². The first-order valence-electron chi connectivity index (χ1n) is 46.6. The molecule has 15 rings (SSSR count). The van der Waals surface area contributed by atoms with Crippen molar-refractivity contribution in [2.45, 2.75) is 182 Å². The Balaban J connectivity index is 0.000000220. The number of methoxy groups -OCH3 is 1. The molecule has 0 spiro atoms. The summed E-state index contributed by atoms with van der Waals surface area (Å²) in [7, 11) is 5.71. The fraction of sp³-hybridized carbons (Fsp3) is 0.275. The van der Waals surface area contributed by atoms with E-state index in [9.17, 15) is 37.3 Å². The SMILES string of the molecule is CC(C)(C)O.CC(C)(C)[CH]=[W]=[N]c1c(Cl)cccc1Cl.CC(C)c1cccc(C(C)C)c1[N]=[Mo]=[CH]C(C)(C)C.CC(C)c1cccc(C(C)C)c1[N]=[Mo]=[CH]C(C)(C)C.CN(C)c1cc(-c2ccccc2)c(O)c(-c2ccccc2)c1.COc1cccc2cccc(-c3cccc4cccc(O)c34)c12.Cc1ccc(C)[n-]1.Oc1c(-c2ccccc2)cccc1-c1ccccc1.Oc1c(F)c(F)c(F)c(F)c1F. The van der Waals surface area contributed by atoms with Crippen molar-refractivity contribution in [1.82, 2.24) is 4.98 Å². The Labute approximate surface area is 867 Å². The van der Waals surface area contributed by atoms with Crippen LogP contribution >= 0.6 is 23.2 Å². The van der Waals surface area contributed by atoms with Crippen molar-refractivity contribution in [3.05, 3.63) is 364 Å². The molecule has 14 aromatic carbocycles. The number of aromatic hydroxyl groups is 4. The molecule has 0 amide bonds. The number of aryl methyl sites for hydroxylation is 2. The number of para-hydroxylation sites is 1. The fourth-order valence-corrected chi connectivity index (χ4v) is 20.4. The van der Waals surface area contributed by atoms with Gasteiger partial charge >= 0.3 is 362 Å². The van der Waals surface area contributed by atoms with Crippen LogP contribution in [0.3, 0.4) is 0 Å². The molecule has 0 aliphatic rings. The van der Waals surface area contributed by atoms with Crippen LogP contribution in [0.25, 0.3) is 77.2 Å². The maximum Gasteiger partial charge on any atom is 0.206 e. The number of phenolic OH excluding ortho intramolecular Hbond substituents is 4. The van der Waals surface area contributed by atoms with Gasteiger partial charge in [-0.15, -0.1) is 0 Å². The summed E-state index contributed by atoms with van der Waals surface area (Å²) >= 11 is 10.3. The zero-order chi connectivity index (χ0) is 104. The molecule has 0 bridgehead atoms. The second-order valence-corrected chi connectivity index (χ2v) is 45.3. The van der Waals surface area contributed by atoms with Crippen LogP contribution in [0, 0.1) is 59.2 Å². The predicted octanol–water partition coefficient (Wildman–Crippen LogP) is 35.1. The normalized spacial score (nSPS) is 11.0. The second kappa shape index (κ2) is 55.5. The number of benzene rings is 14. The molecule has 1 aromatic heterocycles. The van der Waals surface area contributed by atoms with Crippen molar-refractivity contribution in [2.24, 2.45) is 26.7 Å². The first kappa shape index (κ1) is 117. The number of hydrogen-bond donors (Lipinski definition) is 5. The topological polar surface area (TPSA) is 165 Å². The van der Waals surface area contributed by atoms with Gasteiger partial charge in [-0.3, -0.25) is 0 Å². The maximum atomic E-state index is 12.2. The van der Waals surface area contributed by atoms with Crippen molar-refractivity contribution < 1.29 is 106 Å². The molecule has 0 atom stereocenters. The van der Waals surface area contributed by atoms with E-state index in [1.807, 2.05) is 258 Å². The first-order chi connectivity index (χ1) is 66.4. The van der Waals surface area contributed by atoms with E-state index in [0.717, 1.165) is 106 Å². The van der Waals surface area contributed by atoms with E-state index >= 15 is 0 Å². The average molecular weight is 2290 g/mol. The van der Waals surface area contributed by atoms with Crippen molar-refractivity contribution in [2.75, 3.05) is 26.1 Å². The minimum atomic E-state index is -2.29. The number of aliphatic hydroxyl groups is 1. The van der Waals surface area contributed by atoms with Crippen LogP contribution in [0.4, 0.5) is 44.7 Å². The molecule has 0 unspecified atom stereocenters. The van der Waals surface area contributed by atoms with Crippen LogP contribution in [-0.4, -0.2) is 65.5 Å². The van der Waals surface area contributed by atoms with E-state index in [2.05, 4.69) is 199 Å². The standard InChI is InChI=1S/C21H16O2.C20H19NO.C18H14O.2C12H17N.C6H3Cl2N.C6HF5O.C6H8N.3C5H10.C4H10O.2Mo.W/c1-23-19-13-5-9-15-7-3-11-17(21(15)19)16-10-2-6-14-8-4-12-18(22)20(14)16;1-21(2)17-13-18(15-9-5-3-6-10-15)20(22)19(14-17)16-11-7-4-8-12-16;19-18-16(14-8-3-1-4-9-14)12-7-13-17(18)15-10-5-2-6-11-15;2*1-8(2)10-6-5-7-11(9(3)4)12(10)13;7-4-2-1-3-5(8)6(4)9;7-1-2(8)4(10)6(12)5(11)3(1)9;1-5-3-4-6(2)7-5;3*1-5(2,3)4;1-4(2,3)5;;;/h2-13,22H,1H3;3-14,22H,1-2H3;1-13,19H;2*5-9H,1-4H3;1-3H;12H;3-4H,1-2H3;3*1H,2-4H3;5H,1-3H3;;;/q;;;;;;;-1;;;;;;;. The Morgan fingerprint density at radius 2 is 0.674 bits per heavy atom. The van der Waals surface area contributed by atoms with Crippen LogP contribution < -0.4 is 14.6 Å². The van der Waals surface area contributed by atoms with Crippen molar-refractivity contribution in [3.63, 3.8) is 0 Å². The molecule has 11 nitrogen and oxygen atoms in total. The number of halogens is 7. The minimum Gasteiger partial charge on any atom is -0.665 e. The largest absolute Gasteiger partial charge is 0.665 e. The van der Waals surface area contributed by atoms with Gasteiger partial charge in [-0.05, 0) is 89.2 Å². The molecule has 0 radical (unpaired) electrons. The molecular formula is C120H135Cl2F5Mo2N5O6W-. The molecule has 15 aromatic rings. The number of nitrogens with zero attached hydrogens (tertiary/aromatic N) is 5. The molecule has 5 N–H and O–H groups in total. The summed E-state index contributed by atoms with van der Waals surface area (Å²) in [6.07, 6.45) is 0. The third kappa shape index (κ3) is 37.0. The van der Waals surface area contributed by atoms with Gasteiger partial charge in [0.05, 0.1) is 12.7 Å². The second-order valence-electron chi connectivity index (χ2n) is 39.1. The average Bonchev–Trinajstić information content (AvgIpc) is 1.11. The summed E-state index contributed by atoms with van der Waals surface area (Å²) in [6.45, 7) is 47.3. The molecule has 0 saturated heterocycles. The molecule has 0 fully saturated rings. The monoisotopic (exact) mass is 2290 g/mol. The summed E-state index contributed by atoms with van der Waals surface area (Å²) in [5, 5.41) is 53.8. The Morgan fingerprint density at radius 1 is 0.369 bits per heavy atom. The van der Waals surface area contributed by atoms with Gasteiger partial charge in [-0.2, -0.15) is 20.2 Å². The Hall–Kier alpha value is -11.1. The number of hydrogen-bond acceptors (Lipinski definition) is 10. The molecule has 141 heavy (non-hydrogen) atoms. The van der Waals surface area contributed by atoms with E-state index in [1.165, 1.54) is 33.6 Å². The van der Waals surface area contributed by atoms with Gasteiger partial charge < -0.3 is 40.2 Å². The number of rotatable bonds is 14. The van der Waals surface area contributed by atoms with E-state index in [1.54, 1.807) is 33.9 Å². The van der Waals surface area contributed by atoms with Crippen molar-refractivity contribution >= 4 is 80.7 Å². The summed E-state index contributed by atoms with van der Waals surface area (Å²) in [5.41, 5.74) is 22.1.